The number of amides is 2. The van der Waals surface area contributed by atoms with Crippen molar-refractivity contribution in [3.05, 3.63) is 86.9 Å². The first-order valence-electron chi connectivity index (χ1n) is 13.2. The first kappa shape index (κ1) is 33.5. The predicted molar refractivity (Wildman–Crippen MR) is 168 cm³/mol. The summed E-state index contributed by atoms with van der Waals surface area (Å²) in [5.41, 5.74) is 1.56. The first-order valence-corrected chi connectivity index (χ1v) is 15.8. The van der Waals surface area contributed by atoms with Crippen LogP contribution < -0.4 is 14.4 Å². The fourth-order valence-electron chi connectivity index (χ4n) is 4.34. The average Bonchev–Trinajstić information content (AvgIpc) is 2.93. The first-order chi connectivity index (χ1) is 19.8. The number of sulfonamides is 1. The van der Waals surface area contributed by atoms with E-state index >= 15 is 0 Å². The van der Waals surface area contributed by atoms with Gasteiger partial charge in [-0.15, -0.1) is 0 Å². The van der Waals surface area contributed by atoms with Crippen LogP contribution in [0.5, 0.6) is 5.75 Å². The molecule has 8 nitrogen and oxygen atoms in total. The molecule has 0 radical (unpaired) electrons. The molecule has 42 heavy (non-hydrogen) atoms. The van der Waals surface area contributed by atoms with Gasteiger partial charge in [0, 0.05) is 17.6 Å². The van der Waals surface area contributed by atoms with E-state index in [1.807, 2.05) is 20.8 Å². The number of nitrogens with one attached hydrogen (secondary N) is 1. The van der Waals surface area contributed by atoms with Crippen molar-refractivity contribution in [2.75, 3.05) is 18.0 Å². The van der Waals surface area contributed by atoms with Crippen molar-refractivity contribution in [3.8, 4) is 5.75 Å². The second-order valence-electron chi connectivity index (χ2n) is 10.00. The standard InChI is InChI=1S/C30H34Cl3N3O5S/c1-6-26(30(38)34-19(2)3)35(17-21-9-13-24(32)25(33)15-21)29(37)18-36(27-16-22(31)10-14-28(27)41-5)42(39,40)23-11-7-20(4)8-12-23/h7-16,19,26H,6,17-18H2,1-5H3,(H,34,38)/t26-/m0/s1. The fourth-order valence-corrected chi connectivity index (χ4v) is 6.25. The van der Waals surface area contributed by atoms with Crippen LogP contribution in [-0.2, 0) is 26.2 Å². The molecular formula is C30H34Cl3N3O5S. The van der Waals surface area contributed by atoms with Crippen molar-refractivity contribution in [2.45, 2.75) is 57.6 Å². The summed E-state index contributed by atoms with van der Waals surface area (Å²) < 4.78 is 34.6. The molecule has 2 amide bonds. The second-order valence-corrected chi connectivity index (χ2v) is 13.1. The van der Waals surface area contributed by atoms with Crippen LogP contribution in [-0.4, -0.2) is 50.9 Å². The highest BCUT2D eigenvalue weighted by molar-refractivity contribution is 7.92. The molecule has 0 aliphatic heterocycles. The van der Waals surface area contributed by atoms with Gasteiger partial charge in [0.2, 0.25) is 11.8 Å². The van der Waals surface area contributed by atoms with Crippen molar-refractivity contribution in [1.29, 1.82) is 0 Å². The smallest absolute Gasteiger partial charge is 0.264 e. The van der Waals surface area contributed by atoms with Crippen molar-refractivity contribution in [1.82, 2.24) is 10.2 Å². The van der Waals surface area contributed by atoms with Gasteiger partial charge in [-0.2, -0.15) is 0 Å². The third-order valence-electron chi connectivity index (χ3n) is 6.45. The van der Waals surface area contributed by atoms with Crippen molar-refractivity contribution in [2.24, 2.45) is 0 Å². The van der Waals surface area contributed by atoms with E-state index in [0.717, 1.165) is 9.87 Å². The Morgan fingerprint density at radius 3 is 2.19 bits per heavy atom. The molecule has 0 bridgehead atoms. The van der Waals surface area contributed by atoms with E-state index in [4.69, 9.17) is 39.5 Å². The largest absolute Gasteiger partial charge is 0.495 e. The monoisotopic (exact) mass is 653 g/mol. The molecule has 3 aromatic rings. The van der Waals surface area contributed by atoms with Gasteiger partial charge >= 0.3 is 0 Å². The van der Waals surface area contributed by atoms with E-state index in [2.05, 4.69) is 5.32 Å². The number of rotatable bonds is 12. The number of nitrogens with zero attached hydrogens (tertiary/aromatic N) is 2. The highest BCUT2D eigenvalue weighted by atomic mass is 35.5. The van der Waals surface area contributed by atoms with Crippen LogP contribution in [0.25, 0.3) is 0 Å². The lowest BCUT2D eigenvalue weighted by Gasteiger charge is -2.34. The molecule has 1 atom stereocenters. The highest BCUT2D eigenvalue weighted by Crippen LogP contribution is 2.35. The molecule has 0 saturated heterocycles. The summed E-state index contributed by atoms with van der Waals surface area (Å²) in [7, 11) is -2.90. The molecule has 0 fully saturated rings. The van der Waals surface area contributed by atoms with Gasteiger partial charge in [-0.3, -0.25) is 13.9 Å². The summed E-state index contributed by atoms with van der Waals surface area (Å²) in [4.78, 5) is 28.8. The van der Waals surface area contributed by atoms with E-state index in [1.165, 1.54) is 36.3 Å². The lowest BCUT2D eigenvalue weighted by Crippen LogP contribution is -2.53. The molecule has 3 aromatic carbocycles. The Morgan fingerprint density at radius 2 is 1.62 bits per heavy atom. The van der Waals surface area contributed by atoms with Crippen LogP contribution in [0.1, 0.15) is 38.3 Å². The Kier molecular flexibility index (Phi) is 11.5. The van der Waals surface area contributed by atoms with Crippen LogP contribution in [0.3, 0.4) is 0 Å². The Bertz CT molecular complexity index is 1530. The quantitative estimate of drug-likeness (QED) is 0.241. The lowest BCUT2D eigenvalue weighted by atomic mass is 10.1. The van der Waals surface area contributed by atoms with E-state index < -0.39 is 28.5 Å². The van der Waals surface area contributed by atoms with E-state index in [1.54, 1.807) is 43.3 Å². The number of anilines is 1. The predicted octanol–water partition coefficient (Wildman–Crippen LogP) is 6.49. The summed E-state index contributed by atoms with van der Waals surface area (Å²) in [6, 6.07) is 14.6. The molecule has 0 spiro atoms. The fraction of sp³-hybridized carbons (Fsp3) is 0.333. The maximum absolute atomic E-state index is 14.2. The molecule has 0 aliphatic rings. The Morgan fingerprint density at radius 1 is 0.952 bits per heavy atom. The van der Waals surface area contributed by atoms with Crippen LogP contribution >= 0.6 is 34.8 Å². The van der Waals surface area contributed by atoms with E-state index in [9.17, 15) is 18.0 Å². The number of ether oxygens (including phenoxy) is 1. The Labute approximate surface area is 262 Å². The molecule has 3 rings (SSSR count). The van der Waals surface area contributed by atoms with Gasteiger partial charge in [0.25, 0.3) is 10.0 Å². The Hall–Kier alpha value is -2.98. The van der Waals surface area contributed by atoms with Gasteiger partial charge in [-0.25, -0.2) is 8.42 Å². The zero-order chi connectivity index (χ0) is 31.2. The normalized spacial score (nSPS) is 12.1. The molecular weight excluding hydrogens is 621 g/mol. The molecule has 0 saturated carbocycles. The number of carbonyl (C=O) groups is 2. The zero-order valence-corrected chi connectivity index (χ0v) is 27.1. The topological polar surface area (TPSA) is 96.0 Å². The van der Waals surface area contributed by atoms with Crippen LogP contribution in [0, 0.1) is 6.92 Å². The number of benzene rings is 3. The molecule has 12 heteroatoms. The van der Waals surface area contributed by atoms with Gasteiger partial charge in [0.1, 0.15) is 18.3 Å². The summed E-state index contributed by atoms with van der Waals surface area (Å²) >= 11 is 18.6. The minimum atomic E-state index is -4.30. The summed E-state index contributed by atoms with van der Waals surface area (Å²) in [6.45, 7) is 6.59. The minimum absolute atomic E-state index is 0.0230. The highest BCUT2D eigenvalue weighted by Gasteiger charge is 2.35. The van der Waals surface area contributed by atoms with E-state index in [0.29, 0.717) is 10.6 Å². The Balaban J connectivity index is 2.15. The summed E-state index contributed by atoms with van der Waals surface area (Å²) in [5, 5.41) is 3.73. The second kappa shape index (κ2) is 14.5. The van der Waals surface area contributed by atoms with Crippen LogP contribution in [0.4, 0.5) is 5.69 Å². The van der Waals surface area contributed by atoms with Crippen molar-refractivity contribution >= 4 is 62.3 Å². The summed E-state index contributed by atoms with van der Waals surface area (Å²) in [6.07, 6.45) is 0.275. The number of methoxy groups -OCH3 is 1. The van der Waals surface area contributed by atoms with Gasteiger partial charge in [-0.1, -0.05) is 65.5 Å². The minimum Gasteiger partial charge on any atom is -0.495 e. The molecule has 0 aromatic heterocycles. The maximum atomic E-state index is 14.2. The molecule has 0 heterocycles. The molecule has 0 aliphatic carbocycles. The van der Waals surface area contributed by atoms with Crippen molar-refractivity contribution < 1.29 is 22.7 Å². The zero-order valence-electron chi connectivity index (χ0n) is 24.0. The number of aryl methyl sites for hydroxylation is 1. The number of hydrogen-bond acceptors (Lipinski definition) is 5. The van der Waals surface area contributed by atoms with Gasteiger partial charge < -0.3 is 15.0 Å². The van der Waals surface area contributed by atoms with Crippen molar-refractivity contribution in [3.63, 3.8) is 0 Å². The third kappa shape index (κ3) is 8.10. The number of hydrogen-bond donors (Lipinski definition) is 1. The summed E-state index contributed by atoms with van der Waals surface area (Å²) in [5.74, 6) is -0.790. The average molecular weight is 655 g/mol. The molecule has 226 valence electrons. The van der Waals surface area contributed by atoms with Gasteiger partial charge in [0.15, 0.2) is 0 Å². The van der Waals surface area contributed by atoms with Gasteiger partial charge in [0.05, 0.1) is 27.7 Å². The third-order valence-corrected chi connectivity index (χ3v) is 9.20. The van der Waals surface area contributed by atoms with Crippen LogP contribution in [0.15, 0.2) is 65.6 Å². The molecule has 0 unspecified atom stereocenters. The molecule has 1 N–H and O–H groups in total. The SMILES string of the molecule is CC[C@@H](C(=O)NC(C)C)N(Cc1ccc(Cl)c(Cl)c1)C(=O)CN(c1cc(Cl)ccc1OC)S(=O)(=O)c1ccc(C)cc1. The van der Waals surface area contributed by atoms with Gasteiger partial charge in [-0.05, 0) is 75.2 Å². The van der Waals surface area contributed by atoms with E-state index in [-0.39, 0.29) is 51.3 Å². The number of halogens is 3. The number of carbonyl (C=O) groups excluding carboxylic acids is 2. The maximum Gasteiger partial charge on any atom is 0.264 e. The van der Waals surface area contributed by atoms with Crippen LogP contribution in [0.2, 0.25) is 15.1 Å². The lowest BCUT2D eigenvalue weighted by molar-refractivity contribution is -0.140.